The van der Waals surface area contributed by atoms with E-state index in [1.165, 1.54) is 5.56 Å². The molecule has 104 valence electrons. The number of hydrogen-bond donors (Lipinski definition) is 1. The average Bonchev–Trinajstić information content (AvgIpc) is 2.48. The van der Waals surface area contributed by atoms with Crippen LogP contribution in [0.4, 0.5) is 0 Å². The number of nitrogens with one attached hydrogen (secondary N) is 1. The van der Waals surface area contributed by atoms with E-state index in [2.05, 4.69) is 17.4 Å². The van der Waals surface area contributed by atoms with Gasteiger partial charge in [0, 0.05) is 25.2 Å². The Morgan fingerprint density at radius 1 is 1.05 bits per heavy atom. The summed E-state index contributed by atoms with van der Waals surface area (Å²) in [6, 6.07) is 6.37. The van der Waals surface area contributed by atoms with Crippen molar-refractivity contribution in [2.45, 2.75) is 18.3 Å². The van der Waals surface area contributed by atoms with Gasteiger partial charge < -0.3 is 19.5 Å². The summed E-state index contributed by atoms with van der Waals surface area (Å²) in [5.74, 6) is 1.74. The van der Waals surface area contributed by atoms with E-state index in [0.29, 0.717) is 13.2 Å². The molecule has 1 aromatic rings. The molecule has 0 aliphatic carbocycles. The fourth-order valence-corrected chi connectivity index (χ4v) is 3.04. The van der Waals surface area contributed by atoms with Crippen molar-refractivity contribution in [1.82, 2.24) is 5.32 Å². The molecule has 1 N–H and O–H groups in total. The lowest BCUT2D eigenvalue weighted by Crippen LogP contribution is -2.41. The van der Waals surface area contributed by atoms with Crippen molar-refractivity contribution in [3.05, 3.63) is 23.8 Å². The molecule has 1 saturated heterocycles. The van der Waals surface area contributed by atoms with Crippen LogP contribution in [0.5, 0.6) is 11.5 Å². The van der Waals surface area contributed by atoms with Crippen LogP contribution in [0.15, 0.2) is 18.2 Å². The van der Waals surface area contributed by atoms with Crippen LogP contribution in [0.25, 0.3) is 0 Å². The van der Waals surface area contributed by atoms with E-state index in [4.69, 9.17) is 14.2 Å². The topological polar surface area (TPSA) is 39.7 Å². The fourth-order valence-electron chi connectivity index (χ4n) is 3.04. The Hall–Kier alpha value is -1.26. The van der Waals surface area contributed by atoms with Gasteiger partial charge in [0.05, 0.1) is 0 Å². The third-order valence-corrected chi connectivity index (χ3v) is 4.12. The fraction of sp³-hybridized carbons (Fsp3) is 0.600. The monoisotopic (exact) mass is 263 g/mol. The summed E-state index contributed by atoms with van der Waals surface area (Å²) >= 11 is 0. The van der Waals surface area contributed by atoms with E-state index in [-0.39, 0.29) is 5.41 Å². The quantitative estimate of drug-likeness (QED) is 0.901. The van der Waals surface area contributed by atoms with Crippen molar-refractivity contribution in [1.29, 1.82) is 0 Å². The molecule has 19 heavy (non-hydrogen) atoms. The molecule has 1 aromatic carbocycles. The van der Waals surface area contributed by atoms with Gasteiger partial charge in [0.15, 0.2) is 11.5 Å². The van der Waals surface area contributed by atoms with Crippen molar-refractivity contribution in [2.75, 3.05) is 40.0 Å². The van der Waals surface area contributed by atoms with E-state index >= 15 is 0 Å². The summed E-state index contributed by atoms with van der Waals surface area (Å²) in [6.07, 6.45) is 2.10. The largest absolute Gasteiger partial charge is 0.486 e. The lowest BCUT2D eigenvalue weighted by Gasteiger charge is -2.38. The second-order valence-electron chi connectivity index (χ2n) is 5.28. The Bertz CT molecular complexity index is 436. The average molecular weight is 263 g/mol. The smallest absolute Gasteiger partial charge is 0.161 e. The van der Waals surface area contributed by atoms with Crippen LogP contribution in [-0.2, 0) is 10.2 Å². The van der Waals surface area contributed by atoms with Crippen LogP contribution in [-0.4, -0.2) is 40.0 Å². The van der Waals surface area contributed by atoms with Gasteiger partial charge >= 0.3 is 0 Å². The molecule has 1 fully saturated rings. The van der Waals surface area contributed by atoms with Crippen molar-refractivity contribution in [3.63, 3.8) is 0 Å². The molecule has 0 aromatic heterocycles. The summed E-state index contributed by atoms with van der Waals surface area (Å²) in [5.41, 5.74) is 1.48. The predicted molar refractivity (Wildman–Crippen MR) is 73.1 cm³/mol. The molecule has 0 bridgehead atoms. The molecule has 0 spiro atoms. The van der Waals surface area contributed by atoms with Crippen molar-refractivity contribution < 1.29 is 14.2 Å². The van der Waals surface area contributed by atoms with E-state index in [1.54, 1.807) is 0 Å². The third-order valence-electron chi connectivity index (χ3n) is 4.12. The molecular formula is C15H21NO3. The number of ether oxygens (including phenoxy) is 3. The number of benzene rings is 1. The van der Waals surface area contributed by atoms with Crippen LogP contribution in [0.1, 0.15) is 18.4 Å². The molecule has 3 rings (SSSR count). The van der Waals surface area contributed by atoms with Crippen LogP contribution in [0.2, 0.25) is 0 Å². The van der Waals surface area contributed by atoms with Crippen LogP contribution in [0, 0.1) is 0 Å². The maximum Gasteiger partial charge on any atom is 0.161 e. The first kappa shape index (κ1) is 12.8. The summed E-state index contributed by atoms with van der Waals surface area (Å²) in [5, 5.41) is 3.33. The zero-order valence-electron chi connectivity index (χ0n) is 11.4. The van der Waals surface area contributed by atoms with Gasteiger partial charge in [0.1, 0.15) is 13.2 Å². The minimum Gasteiger partial charge on any atom is -0.486 e. The molecule has 2 aliphatic heterocycles. The molecule has 4 nitrogen and oxygen atoms in total. The molecule has 2 heterocycles. The Balaban J connectivity index is 1.93. The van der Waals surface area contributed by atoms with Gasteiger partial charge in [-0.05, 0) is 37.6 Å². The van der Waals surface area contributed by atoms with Crippen molar-refractivity contribution in [3.8, 4) is 11.5 Å². The molecule has 0 saturated carbocycles. The summed E-state index contributed by atoms with van der Waals surface area (Å²) in [7, 11) is 2.01. The van der Waals surface area contributed by atoms with Gasteiger partial charge in [-0.2, -0.15) is 0 Å². The molecular weight excluding hydrogens is 242 g/mol. The van der Waals surface area contributed by atoms with E-state index in [0.717, 1.165) is 44.1 Å². The summed E-state index contributed by atoms with van der Waals surface area (Å²) in [4.78, 5) is 0. The first-order valence-corrected chi connectivity index (χ1v) is 6.97. The molecule has 0 unspecified atom stereocenters. The minimum absolute atomic E-state index is 0.156. The van der Waals surface area contributed by atoms with Gasteiger partial charge in [0.2, 0.25) is 0 Å². The number of fused-ring (bicyclic) bond motifs is 1. The SMILES string of the molecule is CNCC1(c2ccc3c(c2)OCCO3)CCOCC1. The van der Waals surface area contributed by atoms with Gasteiger partial charge in [0.25, 0.3) is 0 Å². The highest BCUT2D eigenvalue weighted by molar-refractivity contribution is 5.46. The number of likely N-dealkylation sites (N-methyl/N-ethyl adjacent to an activating group) is 1. The highest BCUT2D eigenvalue weighted by atomic mass is 16.6. The molecule has 4 heteroatoms. The Kier molecular flexibility index (Phi) is 3.62. The Morgan fingerprint density at radius 3 is 2.53 bits per heavy atom. The van der Waals surface area contributed by atoms with Crippen molar-refractivity contribution in [2.24, 2.45) is 0 Å². The third kappa shape index (κ3) is 2.42. The van der Waals surface area contributed by atoms with Gasteiger partial charge in [-0.15, -0.1) is 0 Å². The number of rotatable bonds is 3. The summed E-state index contributed by atoms with van der Waals surface area (Å²) in [6.45, 7) is 3.91. The zero-order chi connectivity index (χ0) is 13.1. The van der Waals surface area contributed by atoms with Gasteiger partial charge in [-0.3, -0.25) is 0 Å². The second-order valence-corrected chi connectivity index (χ2v) is 5.28. The van der Waals surface area contributed by atoms with E-state index in [1.807, 2.05) is 13.1 Å². The molecule has 0 radical (unpaired) electrons. The standard InChI is InChI=1S/C15H21NO3/c1-16-11-15(4-6-17-7-5-15)12-2-3-13-14(10-12)19-9-8-18-13/h2-3,10,16H,4-9,11H2,1H3. The molecule has 0 atom stereocenters. The lowest BCUT2D eigenvalue weighted by atomic mass is 9.74. The second kappa shape index (κ2) is 5.39. The highest BCUT2D eigenvalue weighted by Gasteiger charge is 2.34. The Morgan fingerprint density at radius 2 is 1.79 bits per heavy atom. The lowest BCUT2D eigenvalue weighted by molar-refractivity contribution is 0.0503. The highest BCUT2D eigenvalue weighted by Crippen LogP contribution is 2.39. The maximum absolute atomic E-state index is 5.70. The normalized spacial score (nSPS) is 21.1. The first-order chi connectivity index (χ1) is 9.34. The van der Waals surface area contributed by atoms with Crippen LogP contribution in [0.3, 0.4) is 0 Å². The molecule has 0 amide bonds. The van der Waals surface area contributed by atoms with Crippen LogP contribution >= 0.6 is 0 Å². The zero-order valence-corrected chi connectivity index (χ0v) is 11.4. The van der Waals surface area contributed by atoms with E-state index in [9.17, 15) is 0 Å². The molecule has 2 aliphatic rings. The number of hydrogen-bond acceptors (Lipinski definition) is 4. The summed E-state index contributed by atoms with van der Waals surface area (Å²) < 4.78 is 16.8. The first-order valence-electron chi connectivity index (χ1n) is 6.97. The van der Waals surface area contributed by atoms with Gasteiger partial charge in [-0.1, -0.05) is 6.07 Å². The van der Waals surface area contributed by atoms with Crippen LogP contribution < -0.4 is 14.8 Å². The van der Waals surface area contributed by atoms with E-state index < -0.39 is 0 Å². The predicted octanol–water partition coefficient (Wildman–Crippen LogP) is 1.73. The minimum atomic E-state index is 0.156. The maximum atomic E-state index is 5.70. The van der Waals surface area contributed by atoms with Crippen molar-refractivity contribution >= 4 is 0 Å². The Labute approximate surface area is 114 Å². The van der Waals surface area contributed by atoms with Gasteiger partial charge in [-0.25, -0.2) is 0 Å².